The van der Waals surface area contributed by atoms with E-state index in [0.717, 1.165) is 11.1 Å². The van der Waals surface area contributed by atoms with Crippen LogP contribution in [-0.4, -0.2) is 38.4 Å². The fraction of sp³-hybridized carbons (Fsp3) is 0.652. The van der Waals surface area contributed by atoms with Crippen molar-refractivity contribution in [1.29, 1.82) is 0 Å². The summed E-state index contributed by atoms with van der Waals surface area (Å²) < 4.78 is 14.9. The highest BCUT2D eigenvalue weighted by Crippen LogP contribution is 2.45. The Morgan fingerprint density at radius 3 is 1.52 bits per heavy atom. The summed E-state index contributed by atoms with van der Waals surface area (Å²) in [6.45, 7) is 8.19. The number of esters is 2. The van der Waals surface area contributed by atoms with Crippen molar-refractivity contribution in [3.63, 3.8) is 0 Å². The number of benzene rings is 1. The molecule has 0 aliphatic carbocycles. The molecule has 1 N–H and O–H groups in total. The molecule has 0 amide bonds. The summed E-state index contributed by atoms with van der Waals surface area (Å²) >= 11 is 0. The molecule has 164 valence electrons. The smallest absolute Gasteiger partial charge is 0.305 e. The van der Waals surface area contributed by atoms with Crippen LogP contribution in [0.2, 0.25) is 0 Å². The van der Waals surface area contributed by atoms with Gasteiger partial charge in [-0.3, -0.25) is 9.59 Å². The quantitative estimate of drug-likeness (QED) is 0.537. The van der Waals surface area contributed by atoms with Crippen LogP contribution in [-0.2, 0) is 29.9 Å². The normalized spacial score (nSPS) is 11.8. The number of phenols is 1. The second-order valence-electron chi connectivity index (χ2n) is 8.70. The predicted molar refractivity (Wildman–Crippen MR) is 112 cm³/mol. The maximum absolute atomic E-state index is 11.4. The highest BCUT2D eigenvalue weighted by atomic mass is 16.5. The summed E-state index contributed by atoms with van der Waals surface area (Å²) in [6, 6.07) is 3.73. The van der Waals surface area contributed by atoms with Gasteiger partial charge in [0.05, 0.1) is 21.3 Å². The van der Waals surface area contributed by atoms with Gasteiger partial charge in [0.15, 0.2) is 0 Å². The zero-order valence-electron chi connectivity index (χ0n) is 18.9. The standard InChI is InChI=1S/C23H36O6/c1-22(2,12-8-10-19(24)28-6)17-14-16(27-5)15-18(21(17)26)23(3,4)13-9-11-20(25)29-7/h14-15,26H,8-13H2,1-7H3. The molecule has 0 spiro atoms. The molecule has 0 radical (unpaired) electrons. The van der Waals surface area contributed by atoms with Gasteiger partial charge in [-0.1, -0.05) is 27.7 Å². The summed E-state index contributed by atoms with van der Waals surface area (Å²) in [5, 5.41) is 11.2. The van der Waals surface area contributed by atoms with Crippen LogP contribution >= 0.6 is 0 Å². The van der Waals surface area contributed by atoms with Crippen molar-refractivity contribution >= 4 is 11.9 Å². The third-order valence-electron chi connectivity index (χ3n) is 5.60. The first-order valence-corrected chi connectivity index (χ1v) is 10.0. The maximum Gasteiger partial charge on any atom is 0.305 e. The number of carbonyl (C=O) groups is 2. The van der Waals surface area contributed by atoms with E-state index >= 15 is 0 Å². The molecule has 0 aliphatic heterocycles. The van der Waals surface area contributed by atoms with Crippen molar-refractivity contribution in [2.75, 3.05) is 21.3 Å². The third-order valence-corrected chi connectivity index (χ3v) is 5.60. The largest absolute Gasteiger partial charge is 0.507 e. The average Bonchev–Trinajstić information content (AvgIpc) is 2.67. The van der Waals surface area contributed by atoms with E-state index in [1.54, 1.807) is 7.11 Å². The van der Waals surface area contributed by atoms with Crippen LogP contribution in [0.1, 0.15) is 77.3 Å². The van der Waals surface area contributed by atoms with E-state index in [-0.39, 0.29) is 28.5 Å². The Morgan fingerprint density at radius 1 is 0.828 bits per heavy atom. The number of hydrogen-bond donors (Lipinski definition) is 1. The minimum absolute atomic E-state index is 0.233. The lowest BCUT2D eigenvalue weighted by Crippen LogP contribution is -2.22. The molecule has 6 heteroatoms. The number of methoxy groups -OCH3 is 3. The Kier molecular flexibility index (Phi) is 8.99. The number of hydrogen-bond acceptors (Lipinski definition) is 6. The lowest BCUT2D eigenvalue weighted by Gasteiger charge is -2.32. The van der Waals surface area contributed by atoms with Crippen LogP contribution in [0.25, 0.3) is 0 Å². The number of carbonyl (C=O) groups excluding carboxylic acids is 2. The fourth-order valence-corrected chi connectivity index (χ4v) is 3.58. The molecule has 6 nitrogen and oxygen atoms in total. The third kappa shape index (κ3) is 6.94. The number of aromatic hydroxyl groups is 1. The fourth-order valence-electron chi connectivity index (χ4n) is 3.58. The Morgan fingerprint density at radius 2 is 1.21 bits per heavy atom. The van der Waals surface area contributed by atoms with Crippen LogP contribution in [0.15, 0.2) is 12.1 Å². The van der Waals surface area contributed by atoms with Gasteiger partial charge < -0.3 is 19.3 Å². The zero-order chi connectivity index (χ0) is 22.2. The molecular weight excluding hydrogens is 372 g/mol. The van der Waals surface area contributed by atoms with E-state index < -0.39 is 0 Å². The van der Waals surface area contributed by atoms with Crippen molar-refractivity contribution < 1.29 is 28.9 Å². The van der Waals surface area contributed by atoms with Crippen molar-refractivity contribution in [3.05, 3.63) is 23.3 Å². The predicted octanol–water partition coefficient (Wildman–Crippen LogP) is 4.64. The Balaban J connectivity index is 3.14. The van der Waals surface area contributed by atoms with Crippen molar-refractivity contribution in [2.24, 2.45) is 0 Å². The molecule has 0 heterocycles. The van der Waals surface area contributed by atoms with Crippen LogP contribution in [0.3, 0.4) is 0 Å². The van der Waals surface area contributed by atoms with Crippen molar-refractivity contribution in [1.82, 2.24) is 0 Å². The second-order valence-corrected chi connectivity index (χ2v) is 8.70. The first-order chi connectivity index (χ1) is 13.5. The molecule has 1 aromatic rings. The average molecular weight is 409 g/mol. The lowest BCUT2D eigenvalue weighted by molar-refractivity contribution is -0.141. The molecule has 29 heavy (non-hydrogen) atoms. The molecule has 1 aromatic carbocycles. The molecule has 0 atom stereocenters. The minimum atomic E-state index is -0.358. The molecule has 0 aliphatic rings. The Labute approximate surface area is 174 Å². The van der Waals surface area contributed by atoms with Crippen LogP contribution < -0.4 is 4.74 Å². The molecule has 0 saturated heterocycles. The van der Waals surface area contributed by atoms with Crippen LogP contribution in [0, 0.1) is 0 Å². The number of rotatable bonds is 11. The lowest BCUT2D eigenvalue weighted by atomic mass is 9.74. The first-order valence-electron chi connectivity index (χ1n) is 10.0. The monoisotopic (exact) mass is 408 g/mol. The minimum Gasteiger partial charge on any atom is -0.507 e. The van der Waals surface area contributed by atoms with E-state index in [9.17, 15) is 14.7 Å². The van der Waals surface area contributed by atoms with E-state index in [1.165, 1.54) is 14.2 Å². The molecular formula is C23H36O6. The highest BCUT2D eigenvalue weighted by molar-refractivity contribution is 5.69. The van der Waals surface area contributed by atoms with Crippen molar-refractivity contribution in [2.45, 2.75) is 77.0 Å². The molecule has 0 bridgehead atoms. The summed E-state index contributed by atoms with van der Waals surface area (Å²) in [6.07, 6.45) is 3.44. The van der Waals surface area contributed by atoms with Gasteiger partial charge >= 0.3 is 11.9 Å². The second kappa shape index (κ2) is 10.5. The Hall–Kier alpha value is -2.24. The highest BCUT2D eigenvalue weighted by Gasteiger charge is 2.31. The first kappa shape index (κ1) is 24.8. The van der Waals surface area contributed by atoms with Gasteiger partial charge in [-0.15, -0.1) is 0 Å². The zero-order valence-corrected chi connectivity index (χ0v) is 18.9. The summed E-state index contributed by atoms with van der Waals surface area (Å²) in [5.41, 5.74) is 0.864. The topological polar surface area (TPSA) is 82.1 Å². The van der Waals surface area contributed by atoms with Crippen LogP contribution in [0.5, 0.6) is 11.5 Å². The van der Waals surface area contributed by atoms with Gasteiger partial charge in [-0.05, 0) is 48.6 Å². The molecule has 0 fully saturated rings. The Bertz CT molecular complexity index is 650. The van der Waals surface area contributed by atoms with Gasteiger partial charge in [0.25, 0.3) is 0 Å². The van der Waals surface area contributed by atoms with Gasteiger partial charge in [0.2, 0.25) is 0 Å². The SMILES string of the molecule is COC(=O)CCCC(C)(C)c1cc(OC)cc(C(C)(C)CCCC(=O)OC)c1O. The van der Waals surface area contributed by atoms with E-state index in [1.807, 2.05) is 39.8 Å². The molecule has 1 rings (SSSR count). The molecule has 0 aromatic heterocycles. The summed E-state index contributed by atoms with van der Waals surface area (Å²) in [7, 11) is 4.38. The van der Waals surface area contributed by atoms with E-state index in [4.69, 9.17) is 14.2 Å². The number of phenolic OH excluding ortho intramolecular Hbond substituents is 1. The molecule has 0 unspecified atom stereocenters. The van der Waals surface area contributed by atoms with Crippen molar-refractivity contribution in [3.8, 4) is 11.5 Å². The number of ether oxygens (including phenoxy) is 3. The molecule has 0 saturated carbocycles. The van der Waals surface area contributed by atoms with Gasteiger partial charge in [-0.25, -0.2) is 0 Å². The summed E-state index contributed by atoms with van der Waals surface area (Å²) in [4.78, 5) is 22.9. The maximum atomic E-state index is 11.4. The van der Waals surface area contributed by atoms with E-state index in [0.29, 0.717) is 44.3 Å². The van der Waals surface area contributed by atoms with Crippen LogP contribution in [0.4, 0.5) is 0 Å². The van der Waals surface area contributed by atoms with Gasteiger partial charge in [-0.2, -0.15) is 0 Å². The van der Waals surface area contributed by atoms with E-state index in [2.05, 4.69) is 0 Å². The van der Waals surface area contributed by atoms with Gasteiger partial charge in [0, 0.05) is 24.0 Å². The van der Waals surface area contributed by atoms with Gasteiger partial charge in [0.1, 0.15) is 11.5 Å². The summed E-state index contributed by atoms with van der Waals surface area (Å²) in [5.74, 6) is 0.456.